The summed E-state index contributed by atoms with van der Waals surface area (Å²) in [4.78, 5) is 12.5. The number of fused-ring (bicyclic) bond motifs is 1. The van der Waals surface area contributed by atoms with E-state index < -0.39 is 0 Å². The fraction of sp³-hybridized carbons (Fsp3) is 0.125. The molecule has 4 rings (SSSR count). The highest BCUT2D eigenvalue weighted by Gasteiger charge is 2.23. The molecule has 3 aromatic rings. The molecule has 0 spiro atoms. The first-order valence-corrected chi connectivity index (χ1v) is 9.05. The average Bonchev–Trinajstić information content (AvgIpc) is 2.72. The van der Waals surface area contributed by atoms with Crippen LogP contribution in [0.25, 0.3) is 6.08 Å². The summed E-state index contributed by atoms with van der Waals surface area (Å²) in [5, 5.41) is 10.4. The number of aryl methyl sites for hydroxylation is 1. The Hall–Kier alpha value is -3.33. The van der Waals surface area contributed by atoms with Gasteiger partial charge in [-0.05, 0) is 41.7 Å². The molecule has 1 N–H and O–H groups in total. The number of carbonyl (C=O) groups excluding carboxylic acids is 1. The number of allylic oxidation sites excluding steroid dienone is 1. The van der Waals surface area contributed by atoms with E-state index in [4.69, 9.17) is 4.74 Å². The number of phenols is 1. The predicted octanol–water partition coefficient (Wildman–Crippen LogP) is 5.35. The van der Waals surface area contributed by atoms with Crippen LogP contribution in [0.2, 0.25) is 0 Å². The van der Waals surface area contributed by atoms with Crippen molar-refractivity contribution in [3.05, 3.63) is 101 Å². The van der Waals surface area contributed by atoms with Crippen molar-refractivity contribution in [1.29, 1.82) is 0 Å². The first kappa shape index (κ1) is 17.1. The minimum Gasteiger partial charge on any atom is -0.507 e. The summed E-state index contributed by atoms with van der Waals surface area (Å²) >= 11 is 0. The number of hydrogen-bond donors (Lipinski definition) is 1. The maximum absolute atomic E-state index is 12.5. The van der Waals surface area contributed by atoms with Gasteiger partial charge in [0.05, 0.1) is 5.56 Å². The highest BCUT2D eigenvalue weighted by molar-refractivity contribution is 6.08. The molecule has 0 saturated heterocycles. The van der Waals surface area contributed by atoms with Gasteiger partial charge < -0.3 is 9.84 Å². The van der Waals surface area contributed by atoms with E-state index >= 15 is 0 Å². The number of carbonyl (C=O) groups is 1. The highest BCUT2D eigenvalue weighted by Crippen LogP contribution is 2.38. The zero-order valence-electron chi connectivity index (χ0n) is 14.8. The maximum atomic E-state index is 12.5. The van der Waals surface area contributed by atoms with Crippen LogP contribution >= 0.6 is 0 Å². The molecule has 0 fully saturated rings. The summed E-state index contributed by atoms with van der Waals surface area (Å²) in [6.07, 6.45) is 4.86. The summed E-state index contributed by atoms with van der Waals surface area (Å²) in [6, 6.07) is 23.0. The number of hydrogen-bond acceptors (Lipinski definition) is 3. The van der Waals surface area contributed by atoms with Crippen LogP contribution in [0.5, 0.6) is 11.5 Å². The molecule has 1 heterocycles. The third-order valence-corrected chi connectivity index (χ3v) is 4.79. The van der Waals surface area contributed by atoms with Gasteiger partial charge in [0.1, 0.15) is 17.6 Å². The summed E-state index contributed by atoms with van der Waals surface area (Å²) in [5.74, 6) is 0.380. The van der Waals surface area contributed by atoms with Crippen LogP contribution in [0.15, 0.2) is 78.9 Å². The summed E-state index contributed by atoms with van der Waals surface area (Å²) in [6.45, 7) is 0. The monoisotopic (exact) mass is 356 g/mol. The van der Waals surface area contributed by atoms with Crippen molar-refractivity contribution in [2.75, 3.05) is 0 Å². The second-order valence-electron chi connectivity index (χ2n) is 6.64. The molecule has 0 aliphatic carbocycles. The van der Waals surface area contributed by atoms with E-state index in [0.717, 1.165) is 29.5 Å². The van der Waals surface area contributed by atoms with Crippen molar-refractivity contribution >= 4 is 11.9 Å². The molecule has 1 aliphatic heterocycles. The van der Waals surface area contributed by atoms with Crippen LogP contribution < -0.4 is 4.74 Å². The van der Waals surface area contributed by atoms with Crippen molar-refractivity contribution < 1.29 is 14.6 Å². The first-order valence-electron chi connectivity index (χ1n) is 9.05. The van der Waals surface area contributed by atoms with Crippen LogP contribution in [0.1, 0.15) is 39.6 Å². The Morgan fingerprint density at radius 1 is 1.00 bits per heavy atom. The number of ether oxygens (including phenoxy) is 1. The molecule has 27 heavy (non-hydrogen) atoms. The normalized spacial score (nSPS) is 15.9. The van der Waals surface area contributed by atoms with Crippen LogP contribution in [-0.4, -0.2) is 10.9 Å². The molecule has 0 radical (unpaired) electrons. The van der Waals surface area contributed by atoms with Crippen molar-refractivity contribution in [1.82, 2.24) is 0 Å². The van der Waals surface area contributed by atoms with Gasteiger partial charge in [0.15, 0.2) is 5.78 Å². The number of phenolic OH excluding ortho intramolecular Hbond substituents is 1. The van der Waals surface area contributed by atoms with Crippen molar-refractivity contribution in [3.8, 4) is 11.5 Å². The zero-order chi connectivity index (χ0) is 18.6. The lowest BCUT2D eigenvalue weighted by Crippen LogP contribution is -2.15. The average molecular weight is 356 g/mol. The Bertz CT molecular complexity index is 975. The third-order valence-electron chi connectivity index (χ3n) is 4.79. The van der Waals surface area contributed by atoms with E-state index in [1.165, 1.54) is 6.08 Å². The third kappa shape index (κ3) is 3.77. The van der Waals surface area contributed by atoms with Gasteiger partial charge >= 0.3 is 0 Å². The molecule has 0 saturated carbocycles. The highest BCUT2D eigenvalue weighted by atomic mass is 16.5. The van der Waals surface area contributed by atoms with Crippen LogP contribution in [0.3, 0.4) is 0 Å². The molecule has 0 aromatic heterocycles. The molecule has 1 aliphatic rings. The van der Waals surface area contributed by atoms with Gasteiger partial charge in [0.25, 0.3) is 0 Å². The minimum absolute atomic E-state index is 0.0300. The topological polar surface area (TPSA) is 46.5 Å². The van der Waals surface area contributed by atoms with E-state index in [9.17, 15) is 9.90 Å². The maximum Gasteiger partial charge on any atom is 0.189 e. The number of ketones is 1. The molecule has 3 aromatic carbocycles. The second-order valence-corrected chi connectivity index (χ2v) is 6.64. The van der Waals surface area contributed by atoms with Gasteiger partial charge in [0, 0.05) is 6.07 Å². The zero-order valence-corrected chi connectivity index (χ0v) is 14.8. The first-order chi connectivity index (χ1) is 13.2. The van der Waals surface area contributed by atoms with Gasteiger partial charge in [0.2, 0.25) is 0 Å². The number of rotatable bonds is 4. The Labute approximate surface area is 158 Å². The molecular formula is C24H20O3. The van der Waals surface area contributed by atoms with Crippen LogP contribution in [-0.2, 0) is 6.42 Å². The Morgan fingerprint density at radius 3 is 2.44 bits per heavy atom. The van der Waals surface area contributed by atoms with E-state index in [-0.39, 0.29) is 17.6 Å². The minimum atomic E-state index is -0.218. The second kappa shape index (κ2) is 7.50. The Kier molecular flexibility index (Phi) is 4.75. The Balaban J connectivity index is 1.56. The van der Waals surface area contributed by atoms with Gasteiger partial charge in [-0.15, -0.1) is 0 Å². The summed E-state index contributed by atoms with van der Waals surface area (Å²) < 4.78 is 6.07. The van der Waals surface area contributed by atoms with Crippen molar-refractivity contribution in [3.63, 3.8) is 0 Å². The SMILES string of the molecule is O=C(/C=C/c1ccccc1)c1cc2c(cc1O)O[C@H](c1ccccc1)CC2. The van der Waals surface area contributed by atoms with E-state index in [0.29, 0.717) is 11.3 Å². The smallest absolute Gasteiger partial charge is 0.189 e. The van der Waals surface area contributed by atoms with Gasteiger partial charge in [-0.1, -0.05) is 66.7 Å². The molecule has 3 nitrogen and oxygen atoms in total. The van der Waals surface area contributed by atoms with Crippen LogP contribution in [0.4, 0.5) is 0 Å². The van der Waals surface area contributed by atoms with E-state index in [1.54, 1.807) is 18.2 Å². The lowest BCUT2D eigenvalue weighted by Gasteiger charge is -2.27. The fourth-order valence-electron chi connectivity index (χ4n) is 3.34. The lowest BCUT2D eigenvalue weighted by atomic mass is 9.95. The molecule has 134 valence electrons. The fourth-order valence-corrected chi connectivity index (χ4v) is 3.34. The molecular weight excluding hydrogens is 336 g/mol. The molecule has 3 heteroatoms. The lowest BCUT2D eigenvalue weighted by molar-refractivity contribution is 0.104. The predicted molar refractivity (Wildman–Crippen MR) is 106 cm³/mol. The van der Waals surface area contributed by atoms with Gasteiger partial charge in [-0.3, -0.25) is 4.79 Å². The summed E-state index contributed by atoms with van der Waals surface area (Å²) in [5.41, 5.74) is 3.32. The standard InChI is InChI=1S/C24H20O3/c25-21(13-11-17-7-3-1-4-8-17)20-15-19-12-14-23(18-9-5-2-6-10-18)27-24(19)16-22(20)26/h1-11,13,15-16,23,26H,12,14H2/b13-11+/t23-/m0/s1. The summed E-state index contributed by atoms with van der Waals surface area (Å²) in [7, 11) is 0. The van der Waals surface area contributed by atoms with Crippen molar-refractivity contribution in [2.45, 2.75) is 18.9 Å². The number of aromatic hydroxyl groups is 1. The quantitative estimate of drug-likeness (QED) is 0.506. The Morgan fingerprint density at radius 2 is 1.70 bits per heavy atom. The molecule has 1 atom stereocenters. The van der Waals surface area contributed by atoms with Gasteiger partial charge in [-0.2, -0.15) is 0 Å². The number of benzene rings is 3. The molecule has 0 bridgehead atoms. The molecule has 0 amide bonds. The van der Waals surface area contributed by atoms with E-state index in [1.807, 2.05) is 60.7 Å². The van der Waals surface area contributed by atoms with Gasteiger partial charge in [-0.25, -0.2) is 0 Å². The molecule has 0 unspecified atom stereocenters. The largest absolute Gasteiger partial charge is 0.507 e. The van der Waals surface area contributed by atoms with Crippen LogP contribution in [0, 0.1) is 0 Å². The van der Waals surface area contributed by atoms with Crippen molar-refractivity contribution in [2.24, 2.45) is 0 Å². The van der Waals surface area contributed by atoms with E-state index in [2.05, 4.69) is 0 Å².